The number of likely N-dealkylation sites (N-methyl/N-ethyl adjacent to an activating group) is 1. The van der Waals surface area contributed by atoms with Gasteiger partial charge in [-0.1, -0.05) is 0 Å². The summed E-state index contributed by atoms with van der Waals surface area (Å²) in [6, 6.07) is 1.89. The lowest BCUT2D eigenvalue weighted by atomic mass is 10.2. The maximum absolute atomic E-state index is 12.8. The van der Waals surface area contributed by atoms with Gasteiger partial charge in [0, 0.05) is 20.2 Å². The molecule has 3 N–H and O–H groups in total. The summed E-state index contributed by atoms with van der Waals surface area (Å²) in [6.07, 6.45) is -2.52. The highest BCUT2D eigenvalue weighted by Crippen LogP contribution is 2.32. The van der Waals surface area contributed by atoms with Crippen molar-refractivity contribution in [3.8, 4) is 0 Å². The summed E-state index contributed by atoms with van der Waals surface area (Å²) in [5.74, 6) is 5.36. The van der Waals surface area contributed by atoms with Gasteiger partial charge in [-0.2, -0.15) is 13.2 Å². The molecule has 0 saturated carbocycles. The number of alkyl halides is 3. The van der Waals surface area contributed by atoms with Crippen LogP contribution >= 0.6 is 0 Å². The quantitative estimate of drug-likeness (QED) is 0.656. The van der Waals surface area contributed by atoms with Crippen molar-refractivity contribution in [1.82, 2.24) is 4.98 Å². The van der Waals surface area contributed by atoms with Crippen LogP contribution in [0.1, 0.15) is 18.4 Å². The second kappa shape index (κ2) is 5.84. The normalized spacial score (nSPS) is 19.1. The number of nitrogens with zero attached hydrogens (tertiary/aromatic N) is 2. The zero-order valence-corrected chi connectivity index (χ0v) is 11.1. The van der Waals surface area contributed by atoms with Gasteiger partial charge in [-0.05, 0) is 25.0 Å². The van der Waals surface area contributed by atoms with E-state index in [-0.39, 0.29) is 17.7 Å². The number of nitrogen functional groups attached to an aromatic ring is 1. The van der Waals surface area contributed by atoms with E-state index >= 15 is 0 Å². The number of hydrogen-bond donors (Lipinski definition) is 2. The lowest BCUT2D eigenvalue weighted by molar-refractivity contribution is -0.137. The standard InChI is InChI=1S/C12H17F3N4O/c1-19(7-9-3-2-4-20-9)11-6-8(12(13,14)15)5-10(17-11)18-16/h5-6,9H,2-4,7,16H2,1H3,(H,17,18). The van der Waals surface area contributed by atoms with Gasteiger partial charge in [0.2, 0.25) is 0 Å². The van der Waals surface area contributed by atoms with Crippen LogP contribution in [0.25, 0.3) is 0 Å². The topological polar surface area (TPSA) is 63.4 Å². The van der Waals surface area contributed by atoms with E-state index in [1.54, 1.807) is 11.9 Å². The van der Waals surface area contributed by atoms with E-state index in [0.29, 0.717) is 13.2 Å². The van der Waals surface area contributed by atoms with Gasteiger partial charge in [0.15, 0.2) is 0 Å². The Morgan fingerprint density at radius 1 is 1.50 bits per heavy atom. The molecule has 1 unspecified atom stereocenters. The summed E-state index contributed by atoms with van der Waals surface area (Å²) in [5.41, 5.74) is 1.38. The Labute approximate surface area is 114 Å². The van der Waals surface area contributed by atoms with Gasteiger partial charge in [0.1, 0.15) is 11.6 Å². The zero-order chi connectivity index (χ0) is 14.8. The molecule has 1 fully saturated rings. The molecule has 1 aliphatic heterocycles. The van der Waals surface area contributed by atoms with Crippen molar-refractivity contribution >= 4 is 11.6 Å². The van der Waals surface area contributed by atoms with Crippen LogP contribution in [0.5, 0.6) is 0 Å². The van der Waals surface area contributed by atoms with Crippen LogP contribution in [0, 0.1) is 0 Å². The molecule has 0 spiro atoms. The van der Waals surface area contributed by atoms with Crippen molar-refractivity contribution in [2.75, 3.05) is 30.5 Å². The lowest BCUT2D eigenvalue weighted by Gasteiger charge is -2.23. The van der Waals surface area contributed by atoms with Gasteiger partial charge in [-0.3, -0.25) is 0 Å². The first-order valence-corrected chi connectivity index (χ1v) is 6.29. The fraction of sp³-hybridized carbons (Fsp3) is 0.583. The molecule has 1 aliphatic rings. The molecule has 2 heterocycles. The molecule has 20 heavy (non-hydrogen) atoms. The van der Waals surface area contributed by atoms with Crippen LogP contribution in [-0.2, 0) is 10.9 Å². The van der Waals surface area contributed by atoms with Crippen LogP contribution in [0.4, 0.5) is 24.8 Å². The minimum absolute atomic E-state index is 0.0194. The minimum Gasteiger partial charge on any atom is -0.376 e. The van der Waals surface area contributed by atoms with Gasteiger partial charge >= 0.3 is 6.18 Å². The van der Waals surface area contributed by atoms with E-state index in [9.17, 15) is 13.2 Å². The molecular weight excluding hydrogens is 273 g/mol. The Bertz CT molecular complexity index is 461. The van der Waals surface area contributed by atoms with Crippen LogP contribution in [0.15, 0.2) is 12.1 Å². The molecule has 0 aliphatic carbocycles. The van der Waals surface area contributed by atoms with Gasteiger partial charge in [0.05, 0.1) is 11.7 Å². The molecule has 1 aromatic rings. The first-order chi connectivity index (χ1) is 9.40. The second-order valence-electron chi connectivity index (χ2n) is 4.76. The number of aromatic nitrogens is 1. The van der Waals surface area contributed by atoms with Crippen LogP contribution in [0.2, 0.25) is 0 Å². The number of pyridine rings is 1. The summed E-state index contributed by atoms with van der Waals surface area (Å²) < 4.78 is 43.9. The fourth-order valence-corrected chi connectivity index (χ4v) is 2.14. The monoisotopic (exact) mass is 290 g/mol. The number of nitrogens with one attached hydrogen (secondary N) is 1. The molecule has 112 valence electrons. The molecule has 0 aromatic carbocycles. The predicted octanol–water partition coefficient (Wildman–Crippen LogP) is 2.00. The SMILES string of the molecule is CN(CC1CCCO1)c1cc(C(F)(F)F)cc(NN)n1. The van der Waals surface area contributed by atoms with Gasteiger partial charge in [0.25, 0.3) is 0 Å². The Hall–Kier alpha value is -1.54. The summed E-state index contributed by atoms with van der Waals surface area (Å²) in [6.45, 7) is 1.20. The van der Waals surface area contributed by atoms with E-state index in [1.807, 2.05) is 0 Å². The van der Waals surface area contributed by atoms with Crippen molar-refractivity contribution in [3.63, 3.8) is 0 Å². The average Bonchev–Trinajstić information content (AvgIpc) is 2.90. The third kappa shape index (κ3) is 3.51. The van der Waals surface area contributed by atoms with E-state index in [1.165, 1.54) is 0 Å². The van der Waals surface area contributed by atoms with E-state index in [2.05, 4.69) is 10.4 Å². The van der Waals surface area contributed by atoms with Crippen molar-refractivity contribution in [2.24, 2.45) is 5.84 Å². The van der Waals surface area contributed by atoms with Crippen molar-refractivity contribution in [2.45, 2.75) is 25.1 Å². The minimum atomic E-state index is -4.44. The predicted molar refractivity (Wildman–Crippen MR) is 69.3 cm³/mol. The highest BCUT2D eigenvalue weighted by molar-refractivity contribution is 5.50. The Morgan fingerprint density at radius 2 is 2.25 bits per heavy atom. The number of ether oxygens (including phenoxy) is 1. The first-order valence-electron chi connectivity index (χ1n) is 6.29. The molecule has 0 amide bonds. The molecule has 5 nitrogen and oxygen atoms in total. The molecule has 8 heteroatoms. The molecular formula is C12H17F3N4O. The second-order valence-corrected chi connectivity index (χ2v) is 4.76. The number of halogens is 3. The Morgan fingerprint density at radius 3 is 2.80 bits per heavy atom. The number of anilines is 2. The van der Waals surface area contributed by atoms with Gasteiger partial charge in [-0.25, -0.2) is 10.8 Å². The number of nitrogens with two attached hydrogens (primary N) is 1. The van der Waals surface area contributed by atoms with Crippen molar-refractivity contribution in [3.05, 3.63) is 17.7 Å². The van der Waals surface area contributed by atoms with Gasteiger partial charge < -0.3 is 15.1 Å². The first kappa shape index (κ1) is 14.9. The molecule has 0 radical (unpaired) electrons. The maximum Gasteiger partial charge on any atom is 0.416 e. The summed E-state index contributed by atoms with van der Waals surface area (Å²) in [7, 11) is 1.68. The third-order valence-corrected chi connectivity index (χ3v) is 3.18. The Balaban J connectivity index is 2.20. The third-order valence-electron chi connectivity index (χ3n) is 3.18. The highest BCUT2D eigenvalue weighted by atomic mass is 19.4. The van der Waals surface area contributed by atoms with Crippen LogP contribution in [0.3, 0.4) is 0 Å². The fourth-order valence-electron chi connectivity index (χ4n) is 2.14. The molecule has 2 rings (SSSR count). The summed E-state index contributed by atoms with van der Waals surface area (Å²) in [5, 5.41) is 0. The van der Waals surface area contributed by atoms with Crippen LogP contribution < -0.4 is 16.2 Å². The average molecular weight is 290 g/mol. The molecule has 1 aromatic heterocycles. The highest BCUT2D eigenvalue weighted by Gasteiger charge is 2.32. The summed E-state index contributed by atoms with van der Waals surface area (Å²) >= 11 is 0. The van der Waals surface area contributed by atoms with E-state index < -0.39 is 11.7 Å². The number of hydrogen-bond acceptors (Lipinski definition) is 5. The van der Waals surface area contributed by atoms with Gasteiger partial charge in [-0.15, -0.1) is 0 Å². The Kier molecular flexibility index (Phi) is 4.34. The number of hydrazine groups is 1. The largest absolute Gasteiger partial charge is 0.416 e. The lowest BCUT2D eigenvalue weighted by Crippen LogP contribution is -2.29. The number of rotatable bonds is 4. The molecule has 1 atom stereocenters. The van der Waals surface area contributed by atoms with E-state index in [0.717, 1.165) is 25.0 Å². The molecule has 1 saturated heterocycles. The van der Waals surface area contributed by atoms with Crippen molar-refractivity contribution in [1.29, 1.82) is 0 Å². The summed E-state index contributed by atoms with van der Waals surface area (Å²) in [4.78, 5) is 5.69. The molecule has 0 bridgehead atoms. The zero-order valence-electron chi connectivity index (χ0n) is 11.1. The van der Waals surface area contributed by atoms with Crippen molar-refractivity contribution < 1.29 is 17.9 Å². The maximum atomic E-state index is 12.8. The van der Waals surface area contributed by atoms with E-state index in [4.69, 9.17) is 10.6 Å². The smallest absolute Gasteiger partial charge is 0.376 e. The van der Waals surface area contributed by atoms with Crippen LogP contribution in [-0.4, -0.2) is 31.3 Å².